The highest BCUT2D eigenvalue weighted by Crippen LogP contribution is 2.22. The molecule has 0 aliphatic carbocycles. The van der Waals surface area contributed by atoms with Crippen molar-refractivity contribution in [1.82, 2.24) is 19.9 Å². The highest BCUT2D eigenvalue weighted by molar-refractivity contribution is 5.85. The van der Waals surface area contributed by atoms with E-state index in [1.54, 1.807) is 19.2 Å². The van der Waals surface area contributed by atoms with E-state index in [4.69, 9.17) is 0 Å². The Bertz CT molecular complexity index is 723. The van der Waals surface area contributed by atoms with Crippen LogP contribution in [0.15, 0.2) is 30.6 Å². The summed E-state index contributed by atoms with van der Waals surface area (Å²) in [7, 11) is 1.72. The summed E-state index contributed by atoms with van der Waals surface area (Å²) in [5.41, 5.74) is 1.82. The third-order valence-electron chi connectivity index (χ3n) is 2.60. The molecule has 3 aromatic rings. The molecule has 2 heterocycles. The standard InChI is InChI=1S/C12H11FN6/c1-14-12-18-10-9(15-6-16-10)11(19-12)17-8-4-2-3-7(13)5-8/h2-6H,1H3,(H3,14,15,16,17,18,19). The van der Waals surface area contributed by atoms with Crippen LogP contribution in [-0.2, 0) is 0 Å². The van der Waals surface area contributed by atoms with Gasteiger partial charge in [0.25, 0.3) is 0 Å². The molecule has 0 unspecified atom stereocenters. The second kappa shape index (κ2) is 4.52. The monoisotopic (exact) mass is 258 g/mol. The predicted octanol–water partition coefficient (Wildman–Crippen LogP) is 2.28. The number of anilines is 3. The molecular formula is C12H11FN6. The molecule has 0 spiro atoms. The Morgan fingerprint density at radius 1 is 1.26 bits per heavy atom. The van der Waals surface area contributed by atoms with E-state index < -0.39 is 0 Å². The number of aromatic amines is 1. The first-order valence-electron chi connectivity index (χ1n) is 5.68. The third-order valence-corrected chi connectivity index (χ3v) is 2.60. The van der Waals surface area contributed by atoms with Crippen LogP contribution in [0.5, 0.6) is 0 Å². The molecule has 6 nitrogen and oxygen atoms in total. The van der Waals surface area contributed by atoms with Gasteiger partial charge in [0.05, 0.1) is 6.33 Å². The number of hydrogen-bond donors (Lipinski definition) is 3. The number of nitrogens with one attached hydrogen (secondary N) is 3. The number of halogens is 1. The zero-order valence-electron chi connectivity index (χ0n) is 10.1. The van der Waals surface area contributed by atoms with Crippen molar-refractivity contribution in [3.63, 3.8) is 0 Å². The highest BCUT2D eigenvalue weighted by Gasteiger charge is 2.09. The van der Waals surface area contributed by atoms with Gasteiger partial charge in [-0.25, -0.2) is 9.37 Å². The second-order valence-corrected chi connectivity index (χ2v) is 3.88. The average Bonchev–Trinajstić information content (AvgIpc) is 2.87. The molecule has 0 aliphatic heterocycles. The van der Waals surface area contributed by atoms with Crippen molar-refractivity contribution in [2.45, 2.75) is 0 Å². The molecule has 3 rings (SSSR count). The number of rotatable bonds is 3. The Hall–Kier alpha value is -2.70. The van der Waals surface area contributed by atoms with Gasteiger partial charge in [0, 0.05) is 12.7 Å². The molecule has 0 bridgehead atoms. The smallest absolute Gasteiger partial charge is 0.226 e. The van der Waals surface area contributed by atoms with Gasteiger partial charge < -0.3 is 15.6 Å². The molecule has 2 aromatic heterocycles. The van der Waals surface area contributed by atoms with Crippen molar-refractivity contribution < 1.29 is 4.39 Å². The fourth-order valence-corrected chi connectivity index (χ4v) is 1.74. The quantitative estimate of drug-likeness (QED) is 0.671. The maximum atomic E-state index is 13.2. The molecular weight excluding hydrogens is 247 g/mol. The summed E-state index contributed by atoms with van der Waals surface area (Å²) in [5.74, 6) is 0.671. The van der Waals surface area contributed by atoms with Gasteiger partial charge in [-0.05, 0) is 18.2 Å². The fourth-order valence-electron chi connectivity index (χ4n) is 1.74. The minimum Gasteiger partial charge on any atom is -0.357 e. The van der Waals surface area contributed by atoms with E-state index in [-0.39, 0.29) is 5.82 Å². The van der Waals surface area contributed by atoms with Crippen molar-refractivity contribution in [3.05, 3.63) is 36.4 Å². The largest absolute Gasteiger partial charge is 0.357 e. The van der Waals surface area contributed by atoms with Crippen LogP contribution >= 0.6 is 0 Å². The average molecular weight is 258 g/mol. The summed E-state index contributed by atoms with van der Waals surface area (Å²) in [6, 6.07) is 6.16. The van der Waals surface area contributed by atoms with Crippen molar-refractivity contribution in [2.24, 2.45) is 0 Å². The van der Waals surface area contributed by atoms with Crippen LogP contribution in [0.2, 0.25) is 0 Å². The van der Waals surface area contributed by atoms with E-state index in [2.05, 4.69) is 30.6 Å². The molecule has 0 atom stereocenters. The van der Waals surface area contributed by atoms with Crippen LogP contribution in [0.25, 0.3) is 11.2 Å². The zero-order chi connectivity index (χ0) is 13.2. The maximum absolute atomic E-state index is 13.2. The number of hydrogen-bond acceptors (Lipinski definition) is 5. The predicted molar refractivity (Wildman–Crippen MR) is 70.9 cm³/mol. The summed E-state index contributed by atoms with van der Waals surface area (Å²) in [6.07, 6.45) is 1.54. The van der Waals surface area contributed by atoms with Crippen LogP contribution < -0.4 is 10.6 Å². The molecule has 19 heavy (non-hydrogen) atoms. The molecule has 1 aromatic carbocycles. The first-order valence-corrected chi connectivity index (χ1v) is 5.68. The van der Waals surface area contributed by atoms with Gasteiger partial charge in [0.1, 0.15) is 11.3 Å². The van der Waals surface area contributed by atoms with Crippen molar-refractivity contribution >= 4 is 28.6 Å². The lowest BCUT2D eigenvalue weighted by molar-refractivity contribution is 0.628. The van der Waals surface area contributed by atoms with E-state index in [0.717, 1.165) is 0 Å². The normalized spacial score (nSPS) is 10.6. The summed E-state index contributed by atoms with van der Waals surface area (Å²) < 4.78 is 13.2. The summed E-state index contributed by atoms with van der Waals surface area (Å²) in [6.45, 7) is 0. The van der Waals surface area contributed by atoms with Gasteiger partial charge in [0.15, 0.2) is 11.5 Å². The Labute approximate surface area is 108 Å². The van der Waals surface area contributed by atoms with Crippen LogP contribution in [-0.4, -0.2) is 27.0 Å². The maximum Gasteiger partial charge on any atom is 0.226 e. The molecule has 0 radical (unpaired) electrons. The minimum atomic E-state index is -0.311. The van der Waals surface area contributed by atoms with E-state index in [9.17, 15) is 4.39 Å². The summed E-state index contributed by atoms with van der Waals surface area (Å²) >= 11 is 0. The van der Waals surface area contributed by atoms with Gasteiger partial charge >= 0.3 is 0 Å². The number of benzene rings is 1. The van der Waals surface area contributed by atoms with Gasteiger partial charge in [0.2, 0.25) is 5.95 Å². The topological polar surface area (TPSA) is 78.5 Å². The van der Waals surface area contributed by atoms with Crippen LogP contribution in [0, 0.1) is 5.82 Å². The number of imidazole rings is 1. The molecule has 7 heteroatoms. The van der Waals surface area contributed by atoms with E-state index in [1.165, 1.54) is 18.5 Å². The Kier molecular flexibility index (Phi) is 2.71. The lowest BCUT2D eigenvalue weighted by Crippen LogP contribution is -2.02. The SMILES string of the molecule is CNc1nc(Nc2cccc(F)c2)c2[nH]cnc2n1. The molecule has 0 fully saturated rings. The number of H-pyrrole nitrogens is 1. The second-order valence-electron chi connectivity index (χ2n) is 3.88. The number of fused-ring (bicyclic) bond motifs is 1. The van der Waals surface area contributed by atoms with Gasteiger partial charge in [-0.15, -0.1) is 0 Å². The third kappa shape index (κ3) is 2.17. The molecule has 0 amide bonds. The Morgan fingerprint density at radius 3 is 2.95 bits per heavy atom. The Morgan fingerprint density at radius 2 is 2.16 bits per heavy atom. The number of nitrogens with zero attached hydrogens (tertiary/aromatic N) is 3. The summed E-state index contributed by atoms with van der Waals surface area (Å²) in [5, 5.41) is 5.90. The van der Waals surface area contributed by atoms with Crippen LogP contribution in [0.4, 0.5) is 21.8 Å². The van der Waals surface area contributed by atoms with Crippen molar-refractivity contribution in [1.29, 1.82) is 0 Å². The molecule has 0 saturated heterocycles. The first kappa shape index (κ1) is 11.4. The summed E-state index contributed by atoms with van der Waals surface area (Å²) in [4.78, 5) is 15.5. The van der Waals surface area contributed by atoms with E-state index in [1.807, 2.05) is 0 Å². The van der Waals surface area contributed by atoms with Crippen molar-refractivity contribution in [3.8, 4) is 0 Å². The minimum absolute atomic E-state index is 0.311. The molecule has 0 aliphatic rings. The van der Waals surface area contributed by atoms with Gasteiger partial charge in [-0.2, -0.15) is 9.97 Å². The highest BCUT2D eigenvalue weighted by atomic mass is 19.1. The van der Waals surface area contributed by atoms with Crippen molar-refractivity contribution in [2.75, 3.05) is 17.7 Å². The molecule has 0 saturated carbocycles. The molecule has 96 valence electrons. The van der Waals surface area contributed by atoms with Gasteiger partial charge in [-0.1, -0.05) is 6.07 Å². The zero-order valence-corrected chi connectivity index (χ0v) is 10.1. The van der Waals surface area contributed by atoms with Gasteiger partial charge in [-0.3, -0.25) is 0 Å². The van der Waals surface area contributed by atoms with E-state index in [0.29, 0.717) is 28.6 Å². The fraction of sp³-hybridized carbons (Fsp3) is 0.0833. The van der Waals surface area contributed by atoms with E-state index >= 15 is 0 Å². The Balaban J connectivity index is 2.06. The van der Waals surface area contributed by atoms with Crippen LogP contribution in [0.3, 0.4) is 0 Å². The molecule has 3 N–H and O–H groups in total. The first-order chi connectivity index (χ1) is 9.26. The number of aromatic nitrogens is 4. The lowest BCUT2D eigenvalue weighted by Gasteiger charge is -2.08. The van der Waals surface area contributed by atoms with Crippen LogP contribution in [0.1, 0.15) is 0 Å². The lowest BCUT2D eigenvalue weighted by atomic mass is 10.3.